The second-order valence-electron chi connectivity index (χ2n) is 5.40. The lowest BCUT2D eigenvalue weighted by Crippen LogP contribution is -2.38. The maximum Gasteiger partial charge on any atom is 0.393 e. The number of nitrogens with zero attached hydrogens (tertiary/aromatic N) is 2. The molecule has 1 amide bonds. The van der Waals surface area contributed by atoms with E-state index >= 15 is 0 Å². The lowest BCUT2D eigenvalue weighted by Gasteiger charge is -2.20. The van der Waals surface area contributed by atoms with Crippen molar-refractivity contribution in [1.82, 2.24) is 10.0 Å². The van der Waals surface area contributed by atoms with Crippen molar-refractivity contribution in [2.24, 2.45) is 5.92 Å². The van der Waals surface area contributed by atoms with Gasteiger partial charge >= 0.3 is 6.18 Å². The fourth-order valence-electron chi connectivity index (χ4n) is 2.31. The highest BCUT2D eigenvalue weighted by Gasteiger charge is 2.49. The summed E-state index contributed by atoms with van der Waals surface area (Å²) in [5.74, 6) is -2.85. The van der Waals surface area contributed by atoms with Crippen LogP contribution in [0.1, 0.15) is 10.5 Å². The first-order chi connectivity index (χ1) is 12.2. The van der Waals surface area contributed by atoms with Crippen LogP contribution in [0, 0.1) is 10.7 Å². The van der Waals surface area contributed by atoms with Gasteiger partial charge in [-0.25, -0.2) is 14.0 Å². The molecule has 0 spiro atoms. The summed E-state index contributed by atoms with van der Waals surface area (Å²) < 4.78 is 79.4. The number of pyridine rings is 1. The van der Waals surface area contributed by atoms with Gasteiger partial charge in [-0.05, 0) is 18.6 Å². The summed E-state index contributed by atoms with van der Waals surface area (Å²) in [6, 6.07) is 0.978. The maximum atomic E-state index is 13.0. The first-order valence-electron chi connectivity index (χ1n) is 8.20. The van der Waals surface area contributed by atoms with E-state index in [-0.39, 0.29) is 10.7 Å². The van der Waals surface area contributed by atoms with Crippen molar-refractivity contribution < 1.29 is 31.1 Å². The van der Waals surface area contributed by atoms with Gasteiger partial charge in [-0.15, -0.1) is 0 Å². The number of halogens is 3. The topological polar surface area (TPSA) is 95.4 Å². The van der Waals surface area contributed by atoms with E-state index < -0.39 is 53.8 Å². The molecular weight excluding hydrogens is 349 g/mol. The zero-order valence-electron chi connectivity index (χ0n) is 15.5. The van der Waals surface area contributed by atoms with Crippen LogP contribution in [0.3, 0.4) is 0 Å². The fourth-order valence-corrected chi connectivity index (χ4v) is 2.92. The molecule has 11 heteroatoms. The van der Waals surface area contributed by atoms with Gasteiger partial charge in [0.15, 0.2) is 0 Å². The van der Waals surface area contributed by atoms with Gasteiger partial charge in [0.2, 0.25) is 5.91 Å². The highest BCUT2D eigenvalue weighted by atomic mass is 32.2. The molecule has 2 N–H and O–H groups in total. The molecule has 0 aromatic carbocycles. The van der Waals surface area contributed by atoms with Crippen molar-refractivity contribution in [2.75, 3.05) is 25.2 Å². The van der Waals surface area contributed by atoms with E-state index in [2.05, 4.69) is 15.1 Å². The molecule has 2 unspecified atom stereocenters. The van der Waals surface area contributed by atoms with E-state index in [0.717, 1.165) is 6.26 Å². The Morgan fingerprint density at radius 1 is 1.62 bits per heavy atom. The zero-order valence-corrected chi connectivity index (χ0v) is 13.3. The van der Waals surface area contributed by atoms with E-state index in [0.29, 0.717) is 5.06 Å². The molecule has 1 aromatic rings. The molecule has 1 aromatic heterocycles. The molecule has 3 atom stereocenters. The number of carbonyl (C=O) groups is 1. The van der Waals surface area contributed by atoms with Gasteiger partial charge in [-0.2, -0.15) is 18.2 Å². The third-order valence-electron chi connectivity index (χ3n) is 3.54. The van der Waals surface area contributed by atoms with E-state index in [4.69, 9.17) is 8.89 Å². The van der Waals surface area contributed by atoms with Gasteiger partial charge in [-0.3, -0.25) is 4.79 Å². The standard InChI is InChI=1S/C13H17F3N4O3S/c1-23-20-7-8(13(14,15)16)5-10(20)12(21)19-9-3-4-18-11(6-9)24(2,17)22/h3-4,6,8,10,17H,5,7H2,1-2H3,(H,18,19,21)/t8?,10?,24-/m1/s1/i1D3. The van der Waals surface area contributed by atoms with E-state index in [1.54, 1.807) is 0 Å². The summed E-state index contributed by atoms with van der Waals surface area (Å²) in [4.78, 5) is 20.7. The number of carbonyl (C=O) groups excluding carboxylic acids is 1. The van der Waals surface area contributed by atoms with Crippen LogP contribution in [0.15, 0.2) is 23.4 Å². The molecule has 1 fully saturated rings. The van der Waals surface area contributed by atoms with Gasteiger partial charge < -0.3 is 10.2 Å². The molecule has 0 aliphatic carbocycles. The molecule has 24 heavy (non-hydrogen) atoms. The van der Waals surface area contributed by atoms with Crippen molar-refractivity contribution >= 4 is 21.3 Å². The second kappa shape index (κ2) is 6.65. The molecule has 1 aliphatic heterocycles. The number of nitrogens with one attached hydrogen (secondary N) is 2. The summed E-state index contributed by atoms with van der Waals surface area (Å²) in [7, 11) is -6.18. The molecule has 1 saturated heterocycles. The fraction of sp³-hybridized carbons (Fsp3) is 0.538. The molecule has 0 bridgehead atoms. The number of hydroxylamine groups is 2. The number of rotatable bonds is 4. The average Bonchev–Trinajstić information content (AvgIpc) is 2.88. The predicted octanol–water partition coefficient (Wildman–Crippen LogP) is 1.87. The Morgan fingerprint density at radius 2 is 2.33 bits per heavy atom. The highest BCUT2D eigenvalue weighted by Crippen LogP contribution is 2.36. The smallest absolute Gasteiger partial charge is 0.324 e. The second-order valence-corrected chi connectivity index (χ2v) is 7.50. The minimum atomic E-state index is -4.62. The van der Waals surface area contributed by atoms with Gasteiger partial charge in [0.05, 0.1) is 26.8 Å². The third-order valence-corrected chi connectivity index (χ3v) is 4.56. The van der Waals surface area contributed by atoms with Crippen molar-refractivity contribution in [2.45, 2.75) is 23.7 Å². The van der Waals surface area contributed by atoms with Crippen LogP contribution in [-0.4, -0.2) is 52.2 Å². The van der Waals surface area contributed by atoms with Crippen LogP contribution in [0.5, 0.6) is 0 Å². The Labute approximate surface area is 141 Å². The van der Waals surface area contributed by atoms with Gasteiger partial charge in [0, 0.05) is 24.7 Å². The number of alkyl halides is 3. The van der Waals surface area contributed by atoms with Crippen molar-refractivity contribution in [3.63, 3.8) is 0 Å². The highest BCUT2D eigenvalue weighted by molar-refractivity contribution is 7.91. The number of aromatic nitrogens is 1. The zero-order chi connectivity index (χ0) is 20.6. The summed E-state index contributed by atoms with van der Waals surface area (Å²) in [5, 5.41) is 2.72. The minimum absolute atomic E-state index is 0.0658. The summed E-state index contributed by atoms with van der Waals surface area (Å²) >= 11 is 0. The third kappa shape index (κ3) is 4.22. The molecule has 134 valence electrons. The minimum Gasteiger partial charge on any atom is -0.324 e. The van der Waals surface area contributed by atoms with Crippen molar-refractivity contribution in [3.05, 3.63) is 18.3 Å². The Bertz CT molecular complexity index is 817. The van der Waals surface area contributed by atoms with E-state index in [9.17, 15) is 22.2 Å². The monoisotopic (exact) mass is 369 g/mol. The van der Waals surface area contributed by atoms with Crippen molar-refractivity contribution in [1.29, 1.82) is 4.78 Å². The molecule has 1 aliphatic rings. The molecule has 2 rings (SSSR count). The molecule has 0 radical (unpaired) electrons. The van der Waals surface area contributed by atoms with Crippen molar-refractivity contribution in [3.8, 4) is 0 Å². The van der Waals surface area contributed by atoms with Crippen LogP contribution in [0.4, 0.5) is 18.9 Å². The number of amides is 1. The molecule has 7 nitrogen and oxygen atoms in total. The molecular formula is C13H17F3N4O3S. The summed E-state index contributed by atoms with van der Waals surface area (Å²) in [6.45, 7) is -0.795. The summed E-state index contributed by atoms with van der Waals surface area (Å²) in [5.41, 5.74) is 0.0658. The van der Waals surface area contributed by atoms with Crippen LogP contribution >= 0.6 is 0 Å². The van der Waals surface area contributed by atoms with Crippen LogP contribution in [0.25, 0.3) is 0 Å². The van der Waals surface area contributed by atoms with Gasteiger partial charge in [0.1, 0.15) is 11.1 Å². The average molecular weight is 369 g/mol. The number of hydrogen-bond donors (Lipinski definition) is 2. The van der Waals surface area contributed by atoms with E-state index in [1.807, 2.05) is 0 Å². The van der Waals surface area contributed by atoms with Gasteiger partial charge in [-0.1, -0.05) is 0 Å². The Balaban J connectivity index is 2.21. The Morgan fingerprint density at radius 3 is 2.92 bits per heavy atom. The lowest BCUT2D eigenvalue weighted by atomic mass is 10.0. The largest absolute Gasteiger partial charge is 0.393 e. The van der Waals surface area contributed by atoms with Crippen LogP contribution in [0.2, 0.25) is 0 Å². The van der Waals surface area contributed by atoms with Crippen LogP contribution < -0.4 is 5.32 Å². The van der Waals surface area contributed by atoms with Crippen LogP contribution in [-0.2, 0) is 19.4 Å². The SMILES string of the molecule is [2H]C([2H])([2H])ON1CC(C(F)(F)F)CC1C(=O)Nc1ccnc([S@](C)(=N)=O)c1. The molecule has 0 saturated carbocycles. The normalized spacial score (nSPS) is 26.9. The lowest BCUT2D eigenvalue weighted by molar-refractivity contribution is -0.187. The quantitative estimate of drug-likeness (QED) is 0.845. The first kappa shape index (κ1) is 14.6. The Hall–Kier alpha value is -1.72. The first-order valence-corrected chi connectivity index (χ1v) is 8.66. The predicted molar refractivity (Wildman–Crippen MR) is 79.6 cm³/mol. The number of hydrogen-bond acceptors (Lipinski definition) is 6. The van der Waals surface area contributed by atoms with E-state index in [1.165, 1.54) is 18.3 Å². The number of anilines is 1. The Kier molecular flexibility index (Phi) is 4.05. The van der Waals surface area contributed by atoms with Gasteiger partial charge in [0.25, 0.3) is 0 Å². The summed E-state index contributed by atoms with van der Waals surface area (Å²) in [6.07, 6.45) is -2.98. The maximum absolute atomic E-state index is 13.0. The molecule has 2 heterocycles.